The van der Waals surface area contributed by atoms with Crippen LogP contribution in [-0.2, 0) is 4.79 Å². The Labute approximate surface area is 145 Å². The summed E-state index contributed by atoms with van der Waals surface area (Å²) in [6, 6.07) is 20.3. The molecule has 1 amide bonds. The lowest BCUT2D eigenvalue weighted by Crippen LogP contribution is -2.28. The fourth-order valence-corrected chi connectivity index (χ4v) is 3.31. The zero-order chi connectivity index (χ0) is 16.9. The van der Waals surface area contributed by atoms with Gasteiger partial charge in [0.25, 0.3) is 0 Å². The van der Waals surface area contributed by atoms with Crippen LogP contribution in [0, 0.1) is 6.92 Å². The number of carbonyl (C=O) groups excluding carboxylic acids is 1. The average Bonchev–Trinajstić information content (AvgIpc) is 3.06. The molecule has 0 fully saturated rings. The smallest absolute Gasteiger partial charge is 0.229 e. The van der Waals surface area contributed by atoms with Crippen LogP contribution < -0.4 is 4.90 Å². The first kappa shape index (κ1) is 16.3. The lowest BCUT2D eigenvalue weighted by atomic mass is 9.88. The number of aromatic nitrogens is 2. The van der Waals surface area contributed by atoms with Crippen molar-refractivity contribution < 1.29 is 4.79 Å². The van der Waals surface area contributed by atoms with Crippen LogP contribution in [-0.4, -0.2) is 23.2 Å². The molecule has 1 aromatic heterocycles. The van der Waals surface area contributed by atoms with Crippen LogP contribution in [0.25, 0.3) is 0 Å². The highest BCUT2D eigenvalue weighted by Crippen LogP contribution is 2.29. The van der Waals surface area contributed by atoms with Crippen molar-refractivity contribution >= 4 is 22.4 Å². The van der Waals surface area contributed by atoms with Gasteiger partial charge in [0.05, 0.1) is 0 Å². The molecular weight excluding hydrogens is 318 g/mol. The monoisotopic (exact) mass is 337 g/mol. The van der Waals surface area contributed by atoms with Gasteiger partial charge < -0.3 is 0 Å². The van der Waals surface area contributed by atoms with Crippen molar-refractivity contribution in [3.8, 4) is 0 Å². The first-order valence-corrected chi connectivity index (χ1v) is 8.63. The fraction of sp³-hybridized carbons (Fsp3) is 0.211. The molecule has 0 aliphatic rings. The number of hydrogen-bond acceptors (Lipinski definition) is 4. The lowest BCUT2D eigenvalue weighted by Gasteiger charge is -2.20. The molecule has 2 aromatic carbocycles. The molecule has 1 heterocycles. The summed E-state index contributed by atoms with van der Waals surface area (Å²) in [4.78, 5) is 14.4. The second-order valence-corrected chi connectivity index (χ2v) is 6.79. The summed E-state index contributed by atoms with van der Waals surface area (Å²) in [5.41, 5.74) is 2.28. The van der Waals surface area contributed by atoms with E-state index < -0.39 is 0 Å². The van der Waals surface area contributed by atoms with Crippen molar-refractivity contribution in [3.05, 3.63) is 76.8 Å². The van der Waals surface area contributed by atoms with Crippen LogP contribution in [0.15, 0.2) is 60.7 Å². The maximum atomic E-state index is 12.8. The number of benzene rings is 2. The Morgan fingerprint density at radius 2 is 1.54 bits per heavy atom. The number of carbonyl (C=O) groups is 1. The van der Waals surface area contributed by atoms with Crippen molar-refractivity contribution in [3.63, 3.8) is 0 Å². The predicted molar refractivity (Wildman–Crippen MR) is 97.4 cm³/mol. The van der Waals surface area contributed by atoms with E-state index in [1.807, 2.05) is 43.3 Å². The highest BCUT2D eigenvalue weighted by atomic mass is 32.1. The van der Waals surface area contributed by atoms with Crippen molar-refractivity contribution in [2.75, 3.05) is 11.9 Å². The topological polar surface area (TPSA) is 46.1 Å². The Balaban J connectivity index is 1.85. The Kier molecular flexibility index (Phi) is 5.01. The third-order valence-electron chi connectivity index (χ3n) is 3.96. The van der Waals surface area contributed by atoms with Crippen LogP contribution in [0.4, 0.5) is 5.13 Å². The third-order valence-corrected chi connectivity index (χ3v) is 4.87. The van der Waals surface area contributed by atoms with Crippen molar-refractivity contribution in [1.29, 1.82) is 0 Å². The summed E-state index contributed by atoms with van der Waals surface area (Å²) in [6.45, 7) is 1.89. The van der Waals surface area contributed by atoms with E-state index in [9.17, 15) is 4.79 Å². The van der Waals surface area contributed by atoms with Gasteiger partial charge >= 0.3 is 0 Å². The molecule has 5 heteroatoms. The summed E-state index contributed by atoms with van der Waals surface area (Å²) in [7, 11) is 1.76. The SMILES string of the molecule is Cc1nnc(N(C)C(=O)CC(c2ccccc2)c2ccccc2)s1. The molecule has 0 bridgehead atoms. The van der Waals surface area contributed by atoms with Crippen LogP contribution in [0.1, 0.15) is 28.5 Å². The van der Waals surface area contributed by atoms with Gasteiger partial charge in [-0.1, -0.05) is 72.0 Å². The van der Waals surface area contributed by atoms with Crippen LogP contribution >= 0.6 is 11.3 Å². The van der Waals surface area contributed by atoms with Gasteiger partial charge in [0.2, 0.25) is 11.0 Å². The van der Waals surface area contributed by atoms with E-state index >= 15 is 0 Å². The molecular formula is C19H19N3OS. The summed E-state index contributed by atoms with van der Waals surface area (Å²) in [6.07, 6.45) is 0.392. The minimum atomic E-state index is 0.0244. The molecule has 3 aromatic rings. The molecule has 4 nitrogen and oxygen atoms in total. The van der Waals surface area contributed by atoms with E-state index in [1.54, 1.807) is 11.9 Å². The van der Waals surface area contributed by atoms with Crippen LogP contribution in [0.3, 0.4) is 0 Å². The third kappa shape index (κ3) is 3.68. The molecule has 3 rings (SSSR count). The zero-order valence-corrected chi connectivity index (χ0v) is 14.5. The normalized spacial score (nSPS) is 10.8. The van der Waals surface area contributed by atoms with Gasteiger partial charge in [0.15, 0.2) is 0 Å². The van der Waals surface area contributed by atoms with Gasteiger partial charge in [-0.3, -0.25) is 9.69 Å². The number of amides is 1. The molecule has 0 aliphatic carbocycles. The highest BCUT2D eigenvalue weighted by Gasteiger charge is 2.22. The first-order chi connectivity index (χ1) is 11.6. The molecule has 122 valence electrons. The molecule has 0 saturated carbocycles. The molecule has 24 heavy (non-hydrogen) atoms. The Morgan fingerprint density at radius 1 is 1.00 bits per heavy atom. The summed E-state index contributed by atoms with van der Waals surface area (Å²) in [5, 5.41) is 9.54. The number of nitrogens with zero attached hydrogens (tertiary/aromatic N) is 3. The fourth-order valence-electron chi connectivity index (χ4n) is 2.64. The van der Waals surface area contributed by atoms with Gasteiger partial charge in [0.1, 0.15) is 5.01 Å². The maximum absolute atomic E-state index is 12.8. The molecule has 0 saturated heterocycles. The highest BCUT2D eigenvalue weighted by molar-refractivity contribution is 7.15. The molecule has 0 aliphatic heterocycles. The summed E-state index contributed by atoms with van der Waals surface area (Å²) < 4.78 is 0. The van der Waals surface area contributed by atoms with Crippen molar-refractivity contribution in [1.82, 2.24) is 10.2 Å². The van der Waals surface area contributed by atoms with Gasteiger partial charge in [-0.15, -0.1) is 10.2 Å². The van der Waals surface area contributed by atoms with Crippen molar-refractivity contribution in [2.45, 2.75) is 19.3 Å². The second-order valence-electron chi connectivity index (χ2n) is 5.63. The van der Waals surface area contributed by atoms with E-state index in [-0.39, 0.29) is 11.8 Å². The molecule has 0 spiro atoms. The van der Waals surface area contributed by atoms with Crippen molar-refractivity contribution in [2.24, 2.45) is 0 Å². The summed E-state index contributed by atoms with van der Waals surface area (Å²) >= 11 is 1.43. The van der Waals surface area contributed by atoms with Crippen LogP contribution in [0.2, 0.25) is 0 Å². The number of hydrogen-bond donors (Lipinski definition) is 0. The Hall–Kier alpha value is -2.53. The van der Waals surface area contributed by atoms with E-state index in [1.165, 1.54) is 11.3 Å². The Bertz CT molecular complexity index is 762. The van der Waals surface area contributed by atoms with E-state index in [4.69, 9.17) is 0 Å². The van der Waals surface area contributed by atoms with E-state index in [2.05, 4.69) is 34.5 Å². The van der Waals surface area contributed by atoms with E-state index in [0.29, 0.717) is 11.6 Å². The molecule has 0 N–H and O–H groups in total. The molecule has 0 radical (unpaired) electrons. The van der Waals surface area contributed by atoms with Gasteiger partial charge in [-0.05, 0) is 18.1 Å². The van der Waals surface area contributed by atoms with Gasteiger partial charge in [-0.2, -0.15) is 0 Å². The minimum Gasteiger partial charge on any atom is -0.290 e. The van der Waals surface area contributed by atoms with Gasteiger partial charge in [0, 0.05) is 19.4 Å². The maximum Gasteiger partial charge on any atom is 0.229 e. The first-order valence-electron chi connectivity index (χ1n) is 7.81. The average molecular weight is 337 g/mol. The standard InChI is InChI=1S/C19H19N3OS/c1-14-20-21-19(24-14)22(2)18(23)13-17(15-9-5-3-6-10-15)16-11-7-4-8-12-16/h3-12,17H,13H2,1-2H3. The van der Waals surface area contributed by atoms with Gasteiger partial charge in [-0.25, -0.2) is 0 Å². The molecule has 0 atom stereocenters. The zero-order valence-electron chi connectivity index (χ0n) is 13.7. The largest absolute Gasteiger partial charge is 0.290 e. The Morgan fingerprint density at radius 3 is 2.00 bits per heavy atom. The quantitative estimate of drug-likeness (QED) is 0.706. The number of anilines is 1. The van der Waals surface area contributed by atoms with Crippen LogP contribution in [0.5, 0.6) is 0 Å². The summed E-state index contributed by atoms with van der Waals surface area (Å²) in [5.74, 6) is 0.0558. The molecule has 0 unspecified atom stereocenters. The van der Waals surface area contributed by atoms with E-state index in [0.717, 1.165) is 16.1 Å². The number of aryl methyl sites for hydroxylation is 1. The lowest BCUT2D eigenvalue weighted by molar-refractivity contribution is -0.118. The minimum absolute atomic E-state index is 0.0244. The predicted octanol–water partition coefficient (Wildman–Crippen LogP) is 4.03. The second kappa shape index (κ2) is 7.36. The number of rotatable bonds is 5.